The third-order valence-corrected chi connectivity index (χ3v) is 3.94. The number of imidazole rings is 1. The van der Waals surface area contributed by atoms with E-state index in [1.807, 2.05) is 35.9 Å². The van der Waals surface area contributed by atoms with Crippen molar-refractivity contribution in [1.82, 2.24) is 19.7 Å². The van der Waals surface area contributed by atoms with E-state index in [1.165, 1.54) is 0 Å². The highest BCUT2D eigenvalue weighted by atomic mass is 35.5. The molecule has 2 atom stereocenters. The lowest BCUT2D eigenvalue weighted by Crippen LogP contribution is -2.32. The van der Waals surface area contributed by atoms with Gasteiger partial charge in [-0.2, -0.15) is 0 Å². The normalized spacial score (nSPS) is 14.1. The number of hydrogen-bond acceptors (Lipinski definition) is 4. The quantitative estimate of drug-likeness (QED) is 0.759. The molecule has 0 amide bonds. The van der Waals surface area contributed by atoms with Gasteiger partial charge in [-0.05, 0) is 24.6 Å². The fraction of sp³-hybridized carbons (Fsp3) is 0.250. The molecule has 0 fully saturated rings. The standard InChI is InChI=1S/C16H17ClN4O/c1-11(16(22)12-2-4-13(17)5-3-12)19-8-14-9-20-15-10-18-6-7-21(14)15/h2-7,9-11,16,19,22H,8H2,1H3. The third kappa shape index (κ3) is 3.11. The SMILES string of the molecule is CC(NCc1cnc2cnccn12)C(O)c1ccc(Cl)cc1. The molecular formula is C16H17ClN4O. The van der Waals surface area contributed by atoms with Gasteiger partial charge in [0.15, 0.2) is 5.65 Å². The van der Waals surface area contributed by atoms with Gasteiger partial charge >= 0.3 is 0 Å². The van der Waals surface area contributed by atoms with Crippen LogP contribution in [0.4, 0.5) is 0 Å². The highest BCUT2D eigenvalue weighted by Gasteiger charge is 2.16. The van der Waals surface area contributed by atoms with Crippen LogP contribution in [0.2, 0.25) is 5.02 Å². The molecule has 2 aromatic heterocycles. The topological polar surface area (TPSA) is 62.5 Å². The van der Waals surface area contributed by atoms with E-state index in [1.54, 1.807) is 24.5 Å². The maximum atomic E-state index is 10.4. The minimum atomic E-state index is -0.599. The number of halogens is 1. The summed E-state index contributed by atoms with van der Waals surface area (Å²) in [7, 11) is 0. The van der Waals surface area contributed by atoms with Crippen molar-refractivity contribution in [3.8, 4) is 0 Å². The smallest absolute Gasteiger partial charge is 0.155 e. The van der Waals surface area contributed by atoms with Gasteiger partial charge in [-0.3, -0.25) is 9.38 Å². The van der Waals surface area contributed by atoms with Crippen molar-refractivity contribution in [3.63, 3.8) is 0 Å². The summed E-state index contributed by atoms with van der Waals surface area (Å²) in [4.78, 5) is 8.33. The van der Waals surface area contributed by atoms with E-state index >= 15 is 0 Å². The predicted molar refractivity (Wildman–Crippen MR) is 85.7 cm³/mol. The second-order valence-electron chi connectivity index (χ2n) is 5.22. The lowest BCUT2D eigenvalue weighted by molar-refractivity contribution is 0.135. The summed E-state index contributed by atoms with van der Waals surface area (Å²) in [6, 6.07) is 7.14. The van der Waals surface area contributed by atoms with Crippen LogP contribution in [0, 0.1) is 0 Å². The number of benzene rings is 1. The highest BCUT2D eigenvalue weighted by Crippen LogP contribution is 2.19. The van der Waals surface area contributed by atoms with Crippen LogP contribution in [0.15, 0.2) is 49.1 Å². The van der Waals surface area contributed by atoms with Gasteiger partial charge in [-0.1, -0.05) is 23.7 Å². The van der Waals surface area contributed by atoms with Crippen LogP contribution in [0.25, 0.3) is 5.65 Å². The van der Waals surface area contributed by atoms with Crippen LogP contribution in [-0.4, -0.2) is 25.5 Å². The van der Waals surface area contributed by atoms with Gasteiger partial charge in [0.1, 0.15) is 0 Å². The summed E-state index contributed by atoms with van der Waals surface area (Å²) in [6.07, 6.45) is 6.53. The number of aliphatic hydroxyl groups excluding tert-OH is 1. The molecule has 2 unspecified atom stereocenters. The molecule has 0 spiro atoms. The Balaban J connectivity index is 1.66. The number of nitrogens with one attached hydrogen (secondary N) is 1. The Morgan fingerprint density at radius 3 is 2.82 bits per heavy atom. The van der Waals surface area contributed by atoms with E-state index in [2.05, 4.69) is 15.3 Å². The molecule has 2 N–H and O–H groups in total. The number of rotatable bonds is 5. The summed E-state index contributed by atoms with van der Waals surface area (Å²) in [6.45, 7) is 2.56. The monoisotopic (exact) mass is 316 g/mol. The molecule has 1 aromatic carbocycles. The minimum absolute atomic E-state index is 0.103. The van der Waals surface area contributed by atoms with Gasteiger partial charge in [0.2, 0.25) is 0 Å². The molecule has 5 nitrogen and oxygen atoms in total. The molecule has 0 saturated carbocycles. The van der Waals surface area contributed by atoms with Crippen LogP contribution in [-0.2, 0) is 6.54 Å². The first-order valence-corrected chi connectivity index (χ1v) is 7.46. The van der Waals surface area contributed by atoms with Gasteiger partial charge in [-0.25, -0.2) is 4.98 Å². The maximum Gasteiger partial charge on any atom is 0.155 e. The largest absolute Gasteiger partial charge is 0.387 e. The molecule has 0 radical (unpaired) electrons. The number of nitrogens with zero attached hydrogens (tertiary/aromatic N) is 3. The van der Waals surface area contributed by atoms with Crippen LogP contribution in [0.1, 0.15) is 24.3 Å². The van der Waals surface area contributed by atoms with E-state index in [9.17, 15) is 5.11 Å². The lowest BCUT2D eigenvalue weighted by atomic mass is 10.0. The van der Waals surface area contributed by atoms with E-state index in [4.69, 9.17) is 11.6 Å². The molecule has 114 valence electrons. The zero-order valence-corrected chi connectivity index (χ0v) is 12.9. The fourth-order valence-corrected chi connectivity index (χ4v) is 2.48. The van der Waals surface area contributed by atoms with Crippen LogP contribution < -0.4 is 5.32 Å². The van der Waals surface area contributed by atoms with E-state index in [-0.39, 0.29) is 6.04 Å². The summed E-state index contributed by atoms with van der Waals surface area (Å²) in [5.41, 5.74) is 2.67. The Morgan fingerprint density at radius 1 is 1.27 bits per heavy atom. The maximum absolute atomic E-state index is 10.4. The average molecular weight is 317 g/mol. The van der Waals surface area contributed by atoms with Crippen LogP contribution in [0.5, 0.6) is 0 Å². The molecule has 22 heavy (non-hydrogen) atoms. The number of fused-ring (bicyclic) bond motifs is 1. The molecule has 0 aliphatic heterocycles. The highest BCUT2D eigenvalue weighted by molar-refractivity contribution is 6.30. The van der Waals surface area contributed by atoms with Crippen LogP contribution in [0.3, 0.4) is 0 Å². The van der Waals surface area contributed by atoms with Crippen molar-refractivity contribution >= 4 is 17.2 Å². The molecule has 0 bridgehead atoms. The number of aliphatic hydroxyl groups is 1. The van der Waals surface area contributed by atoms with Crippen molar-refractivity contribution in [2.45, 2.75) is 25.6 Å². The average Bonchev–Trinajstić information content (AvgIpc) is 2.96. The lowest BCUT2D eigenvalue weighted by Gasteiger charge is -2.20. The van der Waals surface area contributed by atoms with Crippen molar-refractivity contribution in [2.24, 2.45) is 0 Å². The summed E-state index contributed by atoms with van der Waals surface area (Å²) in [5, 5.41) is 14.4. The fourth-order valence-electron chi connectivity index (χ4n) is 2.35. The molecule has 2 heterocycles. The molecule has 0 saturated heterocycles. The molecule has 3 rings (SSSR count). The predicted octanol–water partition coefficient (Wildman–Crippen LogP) is 2.59. The van der Waals surface area contributed by atoms with Crippen molar-refractivity contribution < 1.29 is 5.11 Å². The summed E-state index contributed by atoms with van der Waals surface area (Å²) in [5.74, 6) is 0. The summed E-state index contributed by atoms with van der Waals surface area (Å²) < 4.78 is 1.97. The van der Waals surface area contributed by atoms with Crippen molar-refractivity contribution in [3.05, 3.63) is 65.3 Å². The number of hydrogen-bond donors (Lipinski definition) is 2. The first-order valence-electron chi connectivity index (χ1n) is 7.08. The minimum Gasteiger partial charge on any atom is -0.387 e. The Kier molecular flexibility index (Phi) is 4.38. The zero-order valence-electron chi connectivity index (χ0n) is 12.1. The third-order valence-electron chi connectivity index (χ3n) is 3.68. The van der Waals surface area contributed by atoms with Gasteiger partial charge < -0.3 is 10.4 Å². The van der Waals surface area contributed by atoms with Crippen LogP contribution >= 0.6 is 11.6 Å². The zero-order chi connectivity index (χ0) is 15.5. The molecule has 6 heteroatoms. The van der Waals surface area contributed by atoms with Crippen molar-refractivity contribution in [2.75, 3.05) is 0 Å². The molecular weight excluding hydrogens is 300 g/mol. The second-order valence-corrected chi connectivity index (χ2v) is 5.66. The van der Waals surface area contributed by atoms with Gasteiger partial charge in [-0.15, -0.1) is 0 Å². The van der Waals surface area contributed by atoms with Crippen molar-refractivity contribution in [1.29, 1.82) is 0 Å². The van der Waals surface area contributed by atoms with E-state index < -0.39 is 6.10 Å². The van der Waals surface area contributed by atoms with Gasteiger partial charge in [0.25, 0.3) is 0 Å². The first-order chi connectivity index (χ1) is 10.6. The molecule has 3 aromatic rings. The first kappa shape index (κ1) is 15.0. The summed E-state index contributed by atoms with van der Waals surface area (Å²) >= 11 is 5.87. The Hall–Kier alpha value is -1.95. The number of aromatic nitrogens is 3. The van der Waals surface area contributed by atoms with Gasteiger partial charge in [0, 0.05) is 30.0 Å². The molecule has 0 aliphatic carbocycles. The second kappa shape index (κ2) is 6.44. The Morgan fingerprint density at radius 2 is 2.05 bits per heavy atom. The van der Waals surface area contributed by atoms with Gasteiger partial charge in [0.05, 0.1) is 24.2 Å². The van der Waals surface area contributed by atoms with E-state index in [0.29, 0.717) is 11.6 Å². The molecule has 0 aliphatic rings. The Labute approximate surface area is 133 Å². The Bertz CT molecular complexity index is 756. The van der Waals surface area contributed by atoms with E-state index in [0.717, 1.165) is 16.9 Å².